The van der Waals surface area contributed by atoms with E-state index in [1.807, 2.05) is 29.2 Å². The summed E-state index contributed by atoms with van der Waals surface area (Å²) in [6.07, 6.45) is 2.61. The Kier molecular flexibility index (Phi) is 8.10. The molecule has 1 aliphatic rings. The number of nitrogens with two attached hydrogens (primary N) is 1. The van der Waals surface area contributed by atoms with Gasteiger partial charge in [-0.1, -0.05) is 37.6 Å². The Morgan fingerprint density at radius 3 is 2.39 bits per heavy atom. The topological polar surface area (TPSA) is 119 Å². The summed E-state index contributed by atoms with van der Waals surface area (Å²) < 4.78 is 28.1. The maximum Gasteiger partial charge on any atom is 0.238 e. The lowest BCUT2D eigenvalue weighted by molar-refractivity contribution is -0.143. The summed E-state index contributed by atoms with van der Waals surface area (Å²) in [6.45, 7) is 2.92. The van der Waals surface area contributed by atoms with E-state index in [0.717, 1.165) is 24.0 Å². The van der Waals surface area contributed by atoms with E-state index in [1.54, 1.807) is 19.2 Å². The average Bonchev–Trinajstić information content (AvgIpc) is 2.81. The number of rotatable bonds is 9. The molecule has 3 N–H and O–H groups in total. The van der Waals surface area contributed by atoms with Crippen molar-refractivity contribution < 1.29 is 22.7 Å². The molecule has 9 heteroatoms. The molecular formula is C24H31N3O5S. The standard InChI is InChI=1S/C24H31N3O5S/c1-3-4-15-27-22(28)14-13-21(23(27)18-7-9-19(32-2)10-8-18)24(29)26-16-17-5-11-20(12-6-17)33(25,30)31/h5-12,21,23H,3-4,13-16H2,1-2H3,(H,26,29)(H2,25,30,31)/t21-,23+/m1/s1. The number of piperidine rings is 1. The Labute approximate surface area is 195 Å². The predicted octanol–water partition coefficient (Wildman–Crippen LogP) is 2.74. The van der Waals surface area contributed by atoms with Crippen molar-refractivity contribution in [3.8, 4) is 5.75 Å². The highest BCUT2D eigenvalue weighted by molar-refractivity contribution is 7.89. The van der Waals surface area contributed by atoms with Crippen LogP contribution in [0.2, 0.25) is 0 Å². The molecule has 0 radical (unpaired) electrons. The molecule has 2 aromatic carbocycles. The molecule has 0 saturated carbocycles. The highest BCUT2D eigenvalue weighted by atomic mass is 32.2. The number of methoxy groups -OCH3 is 1. The average molecular weight is 474 g/mol. The van der Waals surface area contributed by atoms with Gasteiger partial charge in [-0.25, -0.2) is 13.6 Å². The molecule has 2 amide bonds. The van der Waals surface area contributed by atoms with Gasteiger partial charge in [-0.3, -0.25) is 9.59 Å². The minimum absolute atomic E-state index is 0.0227. The smallest absolute Gasteiger partial charge is 0.238 e. The molecule has 0 spiro atoms. The van der Waals surface area contributed by atoms with Crippen LogP contribution in [0.15, 0.2) is 53.4 Å². The number of hydrogen-bond acceptors (Lipinski definition) is 5. The number of benzene rings is 2. The quantitative estimate of drug-likeness (QED) is 0.580. The molecule has 0 aromatic heterocycles. The normalized spacial score (nSPS) is 18.8. The van der Waals surface area contributed by atoms with Gasteiger partial charge in [-0.15, -0.1) is 0 Å². The zero-order chi connectivity index (χ0) is 24.0. The number of carbonyl (C=O) groups is 2. The molecular weight excluding hydrogens is 442 g/mol. The molecule has 2 atom stereocenters. The van der Waals surface area contributed by atoms with Crippen LogP contribution in [-0.4, -0.2) is 38.8 Å². The summed E-state index contributed by atoms with van der Waals surface area (Å²) in [5, 5.41) is 8.09. The lowest BCUT2D eigenvalue weighted by atomic mass is 9.83. The minimum Gasteiger partial charge on any atom is -0.497 e. The van der Waals surface area contributed by atoms with Gasteiger partial charge in [-0.05, 0) is 48.2 Å². The van der Waals surface area contributed by atoms with Gasteiger partial charge in [0.25, 0.3) is 0 Å². The van der Waals surface area contributed by atoms with Crippen LogP contribution in [0.1, 0.15) is 49.8 Å². The van der Waals surface area contributed by atoms with Crippen molar-refractivity contribution >= 4 is 21.8 Å². The van der Waals surface area contributed by atoms with Crippen molar-refractivity contribution in [3.05, 3.63) is 59.7 Å². The van der Waals surface area contributed by atoms with E-state index in [2.05, 4.69) is 12.2 Å². The van der Waals surface area contributed by atoms with Gasteiger partial charge in [0.05, 0.1) is 24.0 Å². The van der Waals surface area contributed by atoms with Crippen LogP contribution >= 0.6 is 0 Å². The third kappa shape index (κ3) is 6.11. The van der Waals surface area contributed by atoms with E-state index >= 15 is 0 Å². The first-order chi connectivity index (χ1) is 15.7. The maximum absolute atomic E-state index is 13.2. The second-order valence-electron chi connectivity index (χ2n) is 8.21. The molecule has 0 aliphatic carbocycles. The van der Waals surface area contributed by atoms with Crippen molar-refractivity contribution in [2.75, 3.05) is 13.7 Å². The molecule has 178 valence electrons. The number of carbonyl (C=O) groups excluding carboxylic acids is 2. The second-order valence-corrected chi connectivity index (χ2v) is 9.77. The van der Waals surface area contributed by atoms with E-state index < -0.39 is 15.9 Å². The van der Waals surface area contributed by atoms with Gasteiger partial charge in [0, 0.05) is 19.5 Å². The molecule has 0 unspecified atom stereocenters. The van der Waals surface area contributed by atoms with Crippen LogP contribution < -0.4 is 15.2 Å². The number of likely N-dealkylation sites (tertiary alicyclic amines) is 1. The summed E-state index contributed by atoms with van der Waals surface area (Å²) in [6, 6.07) is 13.2. The van der Waals surface area contributed by atoms with Gasteiger partial charge < -0.3 is 15.0 Å². The van der Waals surface area contributed by atoms with Crippen LogP contribution in [0.25, 0.3) is 0 Å². The largest absolute Gasteiger partial charge is 0.497 e. The van der Waals surface area contributed by atoms with Crippen LogP contribution in [0, 0.1) is 5.92 Å². The van der Waals surface area contributed by atoms with Crippen molar-refractivity contribution in [1.82, 2.24) is 10.2 Å². The van der Waals surface area contributed by atoms with Crippen LogP contribution in [-0.2, 0) is 26.2 Å². The fraction of sp³-hybridized carbons (Fsp3) is 0.417. The molecule has 1 fully saturated rings. The number of amides is 2. The number of nitrogens with zero attached hydrogens (tertiary/aromatic N) is 1. The van der Waals surface area contributed by atoms with Crippen LogP contribution in [0.4, 0.5) is 0 Å². The number of ether oxygens (including phenoxy) is 1. The maximum atomic E-state index is 13.2. The van der Waals surface area contributed by atoms with E-state index in [9.17, 15) is 18.0 Å². The molecule has 3 rings (SSSR count). The zero-order valence-corrected chi connectivity index (χ0v) is 19.8. The first-order valence-electron chi connectivity index (χ1n) is 11.1. The van der Waals surface area contributed by atoms with E-state index in [4.69, 9.17) is 9.88 Å². The third-order valence-corrected chi connectivity index (χ3v) is 6.90. The van der Waals surface area contributed by atoms with Crippen LogP contribution in [0.5, 0.6) is 5.75 Å². The molecule has 1 aliphatic heterocycles. The van der Waals surface area contributed by atoms with Crippen molar-refractivity contribution in [2.24, 2.45) is 11.1 Å². The Morgan fingerprint density at radius 1 is 1.15 bits per heavy atom. The molecule has 1 heterocycles. The number of nitrogens with one attached hydrogen (secondary N) is 1. The Balaban J connectivity index is 1.79. The molecule has 1 saturated heterocycles. The number of unbranched alkanes of at least 4 members (excludes halogenated alkanes) is 1. The number of primary sulfonamides is 1. The monoisotopic (exact) mass is 473 g/mol. The van der Waals surface area contributed by atoms with Crippen molar-refractivity contribution in [2.45, 2.75) is 50.1 Å². The van der Waals surface area contributed by atoms with Gasteiger partial charge in [-0.2, -0.15) is 0 Å². The zero-order valence-electron chi connectivity index (χ0n) is 19.0. The van der Waals surface area contributed by atoms with E-state index in [1.165, 1.54) is 12.1 Å². The predicted molar refractivity (Wildman–Crippen MR) is 125 cm³/mol. The van der Waals surface area contributed by atoms with Gasteiger partial charge in [0.2, 0.25) is 21.8 Å². The van der Waals surface area contributed by atoms with Crippen molar-refractivity contribution in [1.29, 1.82) is 0 Å². The molecule has 8 nitrogen and oxygen atoms in total. The first-order valence-corrected chi connectivity index (χ1v) is 12.6. The Morgan fingerprint density at radius 2 is 1.82 bits per heavy atom. The number of hydrogen-bond donors (Lipinski definition) is 2. The first kappa shape index (κ1) is 24.7. The van der Waals surface area contributed by atoms with Gasteiger partial charge in [0.1, 0.15) is 5.75 Å². The molecule has 0 bridgehead atoms. The second kappa shape index (κ2) is 10.8. The SMILES string of the molecule is CCCCN1C(=O)CC[C@@H](C(=O)NCc2ccc(S(N)(=O)=O)cc2)[C@@H]1c1ccc(OC)cc1. The summed E-state index contributed by atoms with van der Waals surface area (Å²) in [7, 11) is -2.17. The highest BCUT2D eigenvalue weighted by Crippen LogP contribution is 2.37. The summed E-state index contributed by atoms with van der Waals surface area (Å²) in [5.41, 5.74) is 1.66. The van der Waals surface area contributed by atoms with Gasteiger partial charge >= 0.3 is 0 Å². The van der Waals surface area contributed by atoms with E-state index in [0.29, 0.717) is 25.1 Å². The fourth-order valence-corrected chi connectivity index (χ4v) is 4.67. The van der Waals surface area contributed by atoms with Gasteiger partial charge in [0.15, 0.2) is 0 Å². The number of sulfonamides is 1. The molecule has 33 heavy (non-hydrogen) atoms. The Hall–Kier alpha value is -2.91. The van der Waals surface area contributed by atoms with E-state index in [-0.39, 0.29) is 29.3 Å². The summed E-state index contributed by atoms with van der Waals surface area (Å²) in [5.74, 6) is 0.244. The summed E-state index contributed by atoms with van der Waals surface area (Å²) in [4.78, 5) is 27.9. The lowest BCUT2D eigenvalue weighted by Gasteiger charge is -2.41. The molecule has 2 aromatic rings. The highest BCUT2D eigenvalue weighted by Gasteiger charge is 2.40. The summed E-state index contributed by atoms with van der Waals surface area (Å²) >= 11 is 0. The third-order valence-electron chi connectivity index (χ3n) is 5.97. The van der Waals surface area contributed by atoms with Crippen molar-refractivity contribution in [3.63, 3.8) is 0 Å². The minimum atomic E-state index is -3.76. The van der Waals surface area contributed by atoms with Crippen LogP contribution in [0.3, 0.4) is 0 Å². The Bertz CT molecular complexity index is 1070. The fourth-order valence-electron chi connectivity index (χ4n) is 4.15. The lowest BCUT2D eigenvalue weighted by Crippen LogP contribution is -2.48.